The molecular formula is H6N4O2P-. The van der Waals surface area contributed by atoms with Crippen LogP contribution in [0.15, 0.2) is 0 Å². The van der Waals surface area contributed by atoms with E-state index < -0.39 is 0 Å². The van der Waals surface area contributed by atoms with Crippen molar-refractivity contribution in [3.63, 3.8) is 0 Å². The molecule has 0 aromatic carbocycles. The lowest BCUT2D eigenvalue weighted by Crippen LogP contribution is -2.30. The number of hydrazine groups is 1. The van der Waals surface area contributed by atoms with Crippen LogP contribution in [0.25, 0.3) is 0 Å². The van der Waals surface area contributed by atoms with Gasteiger partial charge in [-0.15, -0.1) is 0 Å². The molecule has 44 valence electrons. The van der Waals surface area contributed by atoms with Crippen LogP contribution in [-0.2, 0) is 4.94 Å². The molecule has 7 heavy (non-hydrogen) atoms. The molecule has 1 unspecified atom stereocenters. The highest BCUT2D eigenvalue weighted by Gasteiger charge is 1.77. The van der Waals surface area contributed by atoms with E-state index in [1.54, 1.807) is 0 Å². The smallest absolute Gasteiger partial charge is 0.0314 e. The first-order chi connectivity index (χ1) is 3.31. The van der Waals surface area contributed by atoms with Crippen molar-refractivity contribution in [1.29, 1.82) is 0 Å². The SMILES string of the molecule is NON([O-])NPN. The summed E-state index contributed by atoms with van der Waals surface area (Å²) in [5.74, 6) is 4.36. The third kappa shape index (κ3) is 4.03. The summed E-state index contributed by atoms with van der Waals surface area (Å²) in [7, 11) is -0.197. The molecule has 0 fully saturated rings. The topological polar surface area (TPSA) is 99.6 Å². The summed E-state index contributed by atoms with van der Waals surface area (Å²) in [6.07, 6.45) is 0. The van der Waals surface area contributed by atoms with E-state index in [9.17, 15) is 5.21 Å². The van der Waals surface area contributed by atoms with E-state index in [4.69, 9.17) is 5.50 Å². The highest BCUT2D eigenvalue weighted by Crippen LogP contribution is 1.86. The van der Waals surface area contributed by atoms with E-state index in [1.807, 2.05) is 5.20 Å². The number of nitrogens with zero attached hydrogens (tertiary/aromatic N) is 1. The predicted molar refractivity (Wildman–Crippen MR) is 26.1 cm³/mol. The monoisotopic (exact) mass is 125 g/mol. The Labute approximate surface area is 42.1 Å². The fourth-order valence-electron chi connectivity index (χ4n) is 0.0791. The van der Waals surface area contributed by atoms with E-state index in [0.717, 1.165) is 0 Å². The molecule has 0 rings (SSSR count). The lowest BCUT2D eigenvalue weighted by Gasteiger charge is -2.21. The Kier molecular flexibility index (Phi) is 4.47. The Balaban J connectivity index is 2.83. The molecule has 0 bridgehead atoms. The molecule has 1 atom stereocenters. The van der Waals surface area contributed by atoms with Gasteiger partial charge in [0.25, 0.3) is 0 Å². The second-order valence-electron chi connectivity index (χ2n) is 0.619. The third-order valence-corrected chi connectivity index (χ3v) is 0.563. The van der Waals surface area contributed by atoms with Crippen LogP contribution in [0.2, 0.25) is 0 Å². The molecule has 0 amide bonds. The molecule has 0 spiro atoms. The Morgan fingerprint density at radius 1 is 1.86 bits per heavy atom. The summed E-state index contributed by atoms with van der Waals surface area (Å²) in [4.78, 5) is 3.58. The van der Waals surface area contributed by atoms with E-state index in [2.05, 4.69) is 10.8 Å². The lowest BCUT2D eigenvalue weighted by molar-refractivity contribution is -0.141. The van der Waals surface area contributed by atoms with Crippen molar-refractivity contribution in [3.8, 4) is 0 Å². The van der Waals surface area contributed by atoms with E-state index in [-0.39, 0.29) is 14.2 Å². The fraction of sp³-hybridized carbons (Fsp3) is 0. The highest BCUT2D eigenvalue weighted by molar-refractivity contribution is 7.32. The minimum Gasteiger partial charge on any atom is -0.746 e. The molecule has 0 saturated heterocycles. The minimum absolute atomic E-state index is 0.0293. The van der Waals surface area contributed by atoms with Crippen molar-refractivity contribution >= 4 is 8.88 Å². The molecule has 0 aliphatic carbocycles. The molecule has 5 N–H and O–H groups in total. The number of nitrogens with two attached hydrogens (primary N) is 2. The average Bonchev–Trinajstić information content (AvgIpc) is 1.68. The summed E-state index contributed by atoms with van der Waals surface area (Å²) in [5, 5.41) is 11.8. The van der Waals surface area contributed by atoms with Gasteiger partial charge < -0.3 is 5.21 Å². The van der Waals surface area contributed by atoms with Crippen LogP contribution in [0, 0.1) is 5.21 Å². The maximum atomic E-state index is 9.80. The molecule has 0 aromatic rings. The van der Waals surface area contributed by atoms with Crippen molar-refractivity contribution in [2.45, 2.75) is 0 Å². The lowest BCUT2D eigenvalue weighted by atomic mass is 12.6. The van der Waals surface area contributed by atoms with E-state index in [0.29, 0.717) is 0 Å². The summed E-state index contributed by atoms with van der Waals surface area (Å²) in [6, 6.07) is 0. The second kappa shape index (κ2) is 4.35. The van der Waals surface area contributed by atoms with Gasteiger partial charge in [0.2, 0.25) is 0 Å². The average molecular weight is 125 g/mol. The maximum Gasteiger partial charge on any atom is 0.0314 e. The predicted octanol–water partition coefficient (Wildman–Crippen LogP) is -1.44. The number of rotatable bonds is 3. The quantitative estimate of drug-likeness (QED) is 0.315. The van der Waals surface area contributed by atoms with Crippen LogP contribution < -0.4 is 16.6 Å². The van der Waals surface area contributed by atoms with Gasteiger partial charge in [-0.05, 0) is 0 Å². The maximum absolute atomic E-state index is 9.80. The molecular weight excluding hydrogens is 119 g/mol. The van der Waals surface area contributed by atoms with E-state index in [1.165, 1.54) is 0 Å². The minimum atomic E-state index is -0.197. The number of nitrogens with one attached hydrogen (secondary N) is 1. The largest absolute Gasteiger partial charge is 0.746 e. The molecule has 6 nitrogen and oxygen atoms in total. The zero-order valence-electron chi connectivity index (χ0n) is 3.42. The summed E-state index contributed by atoms with van der Waals surface area (Å²) >= 11 is 0. The van der Waals surface area contributed by atoms with Gasteiger partial charge >= 0.3 is 0 Å². The Bertz CT molecular complexity index is 40.7. The van der Waals surface area contributed by atoms with Gasteiger partial charge in [0.1, 0.15) is 0 Å². The van der Waals surface area contributed by atoms with Crippen LogP contribution in [0.5, 0.6) is 0 Å². The van der Waals surface area contributed by atoms with Crippen LogP contribution in [0.4, 0.5) is 0 Å². The van der Waals surface area contributed by atoms with Crippen LogP contribution >= 0.6 is 8.88 Å². The van der Waals surface area contributed by atoms with Crippen LogP contribution in [0.1, 0.15) is 0 Å². The molecule has 0 aliphatic heterocycles. The second-order valence-corrected chi connectivity index (χ2v) is 1.13. The molecule has 7 heteroatoms. The first-order valence-electron chi connectivity index (χ1n) is 1.36. The normalized spacial score (nSPS) is 12.0. The molecule has 0 aliphatic rings. The highest BCUT2D eigenvalue weighted by atomic mass is 31.1. The standard InChI is InChI=1S/H6N4O2P/c1-6-4(5)3-7-2/h3,7H,1-2H2/q-1. The van der Waals surface area contributed by atoms with Gasteiger partial charge in [0.05, 0.1) is 0 Å². The molecule has 0 saturated carbocycles. The van der Waals surface area contributed by atoms with Gasteiger partial charge in [0, 0.05) is 8.88 Å². The van der Waals surface area contributed by atoms with Gasteiger partial charge in [-0.1, -0.05) is 0 Å². The van der Waals surface area contributed by atoms with Crippen molar-refractivity contribution in [1.82, 2.24) is 10.5 Å². The van der Waals surface area contributed by atoms with Gasteiger partial charge in [0.15, 0.2) is 0 Å². The Morgan fingerprint density at radius 2 is 2.43 bits per heavy atom. The molecule has 0 radical (unpaired) electrons. The summed E-state index contributed by atoms with van der Waals surface area (Å²) in [5.41, 5.74) is 4.84. The zero-order valence-corrected chi connectivity index (χ0v) is 4.42. The van der Waals surface area contributed by atoms with Gasteiger partial charge in [-0.2, -0.15) is 11.2 Å². The van der Waals surface area contributed by atoms with E-state index >= 15 is 0 Å². The van der Waals surface area contributed by atoms with Crippen LogP contribution in [0.3, 0.4) is 0 Å². The fourth-order valence-corrected chi connectivity index (χ4v) is 0.237. The number of hydrogen-bond donors (Lipinski definition) is 3. The van der Waals surface area contributed by atoms with Crippen molar-refractivity contribution in [2.24, 2.45) is 11.4 Å². The molecule has 0 heterocycles. The first kappa shape index (κ1) is 7.19. The van der Waals surface area contributed by atoms with Crippen molar-refractivity contribution in [2.75, 3.05) is 0 Å². The molecule has 0 aromatic heterocycles. The zero-order chi connectivity index (χ0) is 5.70. The van der Waals surface area contributed by atoms with Gasteiger partial charge in [-0.3, -0.25) is 5.50 Å². The van der Waals surface area contributed by atoms with Crippen molar-refractivity contribution < 1.29 is 4.94 Å². The third-order valence-electron chi connectivity index (χ3n) is 0.252. The Hall–Kier alpha value is 0.190. The number of hydrogen-bond acceptors (Lipinski definition) is 6. The first-order valence-corrected chi connectivity index (χ1v) is 2.44. The summed E-state index contributed by atoms with van der Waals surface area (Å²) in [6.45, 7) is 0. The Morgan fingerprint density at radius 3 is 2.57 bits per heavy atom. The van der Waals surface area contributed by atoms with Crippen LogP contribution in [-0.4, -0.2) is 5.34 Å². The summed E-state index contributed by atoms with van der Waals surface area (Å²) < 4.78 is 0. The van der Waals surface area contributed by atoms with Gasteiger partial charge in [-0.25, -0.2) is 10.1 Å². The van der Waals surface area contributed by atoms with Crippen molar-refractivity contribution in [3.05, 3.63) is 5.21 Å².